The van der Waals surface area contributed by atoms with Crippen molar-refractivity contribution in [2.75, 3.05) is 12.8 Å². The second kappa shape index (κ2) is 4.70. The van der Waals surface area contributed by atoms with Crippen LogP contribution in [0.3, 0.4) is 0 Å². The highest BCUT2D eigenvalue weighted by Gasteiger charge is 2.18. The molecule has 18 heavy (non-hydrogen) atoms. The molecule has 94 valence electrons. The average molecular weight is 263 g/mol. The Balaban J connectivity index is 2.57. The van der Waals surface area contributed by atoms with Crippen molar-refractivity contribution in [3.05, 3.63) is 34.7 Å². The number of nitrogens with two attached hydrogens (primary N) is 1. The smallest absolute Gasteiger partial charge is 0.348 e. The van der Waals surface area contributed by atoms with Gasteiger partial charge in [-0.05, 0) is 30.2 Å². The van der Waals surface area contributed by atoms with Crippen molar-refractivity contribution in [1.82, 2.24) is 0 Å². The van der Waals surface area contributed by atoms with Crippen LogP contribution in [0.1, 0.15) is 15.2 Å². The molecule has 0 aliphatic rings. The summed E-state index contributed by atoms with van der Waals surface area (Å²) in [6, 6.07) is 7.48. The number of carboxylic acid groups (broad SMARTS) is 1. The van der Waals surface area contributed by atoms with E-state index < -0.39 is 5.97 Å². The number of thiophene rings is 1. The van der Waals surface area contributed by atoms with Gasteiger partial charge in [0.1, 0.15) is 10.6 Å². The van der Waals surface area contributed by atoms with Gasteiger partial charge < -0.3 is 15.6 Å². The van der Waals surface area contributed by atoms with Crippen molar-refractivity contribution >= 4 is 23.0 Å². The predicted molar refractivity (Wildman–Crippen MR) is 72.4 cm³/mol. The van der Waals surface area contributed by atoms with Gasteiger partial charge in [-0.3, -0.25) is 0 Å². The van der Waals surface area contributed by atoms with Crippen LogP contribution >= 0.6 is 11.3 Å². The molecule has 2 rings (SSSR count). The van der Waals surface area contributed by atoms with Crippen molar-refractivity contribution in [2.24, 2.45) is 0 Å². The molecule has 4 nitrogen and oxygen atoms in total. The van der Waals surface area contributed by atoms with Gasteiger partial charge in [-0.25, -0.2) is 4.79 Å². The number of ether oxygens (including phenoxy) is 1. The van der Waals surface area contributed by atoms with Gasteiger partial charge in [0.15, 0.2) is 0 Å². The molecule has 0 amide bonds. The fourth-order valence-electron chi connectivity index (χ4n) is 1.72. The van der Waals surface area contributed by atoms with Gasteiger partial charge >= 0.3 is 5.97 Å². The van der Waals surface area contributed by atoms with Gasteiger partial charge in [-0.15, -0.1) is 11.3 Å². The maximum atomic E-state index is 11.0. The Kier molecular flexibility index (Phi) is 3.25. The summed E-state index contributed by atoms with van der Waals surface area (Å²) in [5, 5.41) is 9.06. The van der Waals surface area contributed by atoms with Crippen LogP contribution in [-0.4, -0.2) is 18.2 Å². The third-order valence-corrected chi connectivity index (χ3v) is 4.06. The van der Waals surface area contributed by atoms with Gasteiger partial charge in [0, 0.05) is 4.88 Å². The second-order valence-electron chi connectivity index (χ2n) is 3.84. The SMILES string of the molecule is COc1cccc(-c2sc(C(=O)O)c(N)c2C)c1. The summed E-state index contributed by atoms with van der Waals surface area (Å²) in [5.41, 5.74) is 7.86. The highest BCUT2D eigenvalue weighted by atomic mass is 32.1. The zero-order valence-electron chi connectivity index (χ0n) is 10.1. The van der Waals surface area contributed by atoms with E-state index in [1.807, 2.05) is 31.2 Å². The lowest BCUT2D eigenvalue weighted by Gasteiger charge is -2.03. The lowest BCUT2D eigenvalue weighted by atomic mass is 10.1. The normalized spacial score (nSPS) is 10.3. The van der Waals surface area contributed by atoms with Gasteiger partial charge in [-0.1, -0.05) is 12.1 Å². The number of carboxylic acids is 1. The number of hydrogen-bond acceptors (Lipinski definition) is 4. The number of methoxy groups -OCH3 is 1. The number of anilines is 1. The quantitative estimate of drug-likeness (QED) is 0.892. The zero-order chi connectivity index (χ0) is 13.3. The van der Waals surface area contributed by atoms with Crippen LogP contribution in [0.15, 0.2) is 24.3 Å². The highest BCUT2D eigenvalue weighted by Crippen LogP contribution is 2.38. The van der Waals surface area contributed by atoms with E-state index in [4.69, 9.17) is 15.6 Å². The van der Waals surface area contributed by atoms with Gasteiger partial charge in [0.05, 0.1) is 12.8 Å². The molecular weight excluding hydrogens is 250 g/mol. The third-order valence-electron chi connectivity index (χ3n) is 2.72. The first kappa shape index (κ1) is 12.4. The maximum absolute atomic E-state index is 11.0. The number of hydrogen-bond donors (Lipinski definition) is 2. The first-order chi connectivity index (χ1) is 8.54. The molecule has 1 aromatic heterocycles. The van der Waals surface area contributed by atoms with Crippen LogP contribution in [0.2, 0.25) is 0 Å². The fourth-order valence-corrected chi connectivity index (χ4v) is 2.79. The van der Waals surface area contributed by atoms with Crippen LogP contribution in [0.25, 0.3) is 10.4 Å². The molecule has 0 unspecified atom stereocenters. The Hall–Kier alpha value is -2.01. The van der Waals surface area contributed by atoms with E-state index in [-0.39, 0.29) is 4.88 Å². The van der Waals surface area contributed by atoms with Crippen molar-refractivity contribution in [2.45, 2.75) is 6.92 Å². The van der Waals surface area contributed by atoms with Gasteiger partial charge in [0.2, 0.25) is 0 Å². The molecule has 0 atom stereocenters. The molecule has 0 aliphatic carbocycles. The minimum absolute atomic E-state index is 0.185. The Labute approximate surface area is 109 Å². The first-order valence-corrected chi connectivity index (χ1v) is 6.12. The van der Waals surface area contributed by atoms with E-state index in [1.165, 1.54) is 11.3 Å². The monoisotopic (exact) mass is 263 g/mol. The van der Waals surface area contributed by atoms with Crippen LogP contribution in [0.4, 0.5) is 5.69 Å². The summed E-state index contributed by atoms with van der Waals surface area (Å²) in [7, 11) is 1.59. The molecular formula is C13H13NO3S. The number of aromatic carboxylic acids is 1. The molecule has 2 aromatic rings. The Morgan fingerprint density at radius 3 is 2.72 bits per heavy atom. The number of nitrogen functional groups attached to an aromatic ring is 1. The van der Waals surface area contributed by atoms with Gasteiger partial charge in [0.25, 0.3) is 0 Å². The molecule has 0 saturated carbocycles. The first-order valence-electron chi connectivity index (χ1n) is 5.31. The number of rotatable bonds is 3. The Morgan fingerprint density at radius 2 is 2.17 bits per heavy atom. The number of carbonyl (C=O) groups is 1. The Bertz CT molecular complexity index is 604. The lowest BCUT2D eigenvalue weighted by Crippen LogP contribution is -1.97. The highest BCUT2D eigenvalue weighted by molar-refractivity contribution is 7.18. The molecule has 3 N–H and O–H groups in total. The minimum atomic E-state index is -0.991. The molecule has 0 aliphatic heterocycles. The maximum Gasteiger partial charge on any atom is 0.348 e. The molecule has 0 bridgehead atoms. The summed E-state index contributed by atoms with van der Waals surface area (Å²) < 4.78 is 5.16. The summed E-state index contributed by atoms with van der Waals surface area (Å²) in [6.45, 7) is 1.83. The van der Waals surface area contributed by atoms with Crippen LogP contribution in [0, 0.1) is 6.92 Å². The van der Waals surface area contributed by atoms with E-state index >= 15 is 0 Å². The van der Waals surface area contributed by atoms with Crippen LogP contribution < -0.4 is 10.5 Å². The van der Waals surface area contributed by atoms with Crippen molar-refractivity contribution in [3.8, 4) is 16.2 Å². The standard InChI is InChI=1S/C13H13NO3S/c1-7-10(14)12(13(15)16)18-11(7)8-4-3-5-9(6-8)17-2/h3-6H,14H2,1-2H3,(H,15,16). The van der Waals surface area contributed by atoms with Crippen molar-refractivity contribution in [3.63, 3.8) is 0 Å². The fraction of sp³-hybridized carbons (Fsp3) is 0.154. The summed E-state index contributed by atoms with van der Waals surface area (Å²) in [6.07, 6.45) is 0. The van der Waals surface area contributed by atoms with E-state index in [2.05, 4.69) is 0 Å². The molecule has 1 heterocycles. The summed E-state index contributed by atoms with van der Waals surface area (Å²) >= 11 is 1.19. The second-order valence-corrected chi connectivity index (χ2v) is 4.86. The topological polar surface area (TPSA) is 72.5 Å². The van der Waals surface area contributed by atoms with E-state index in [0.29, 0.717) is 5.69 Å². The van der Waals surface area contributed by atoms with Crippen LogP contribution in [-0.2, 0) is 0 Å². The van der Waals surface area contributed by atoms with Crippen molar-refractivity contribution in [1.29, 1.82) is 0 Å². The largest absolute Gasteiger partial charge is 0.497 e. The van der Waals surface area contributed by atoms with Crippen LogP contribution in [0.5, 0.6) is 5.75 Å². The zero-order valence-corrected chi connectivity index (χ0v) is 10.9. The van der Waals surface area contributed by atoms with Gasteiger partial charge in [-0.2, -0.15) is 0 Å². The molecule has 0 spiro atoms. The Morgan fingerprint density at radius 1 is 1.44 bits per heavy atom. The van der Waals surface area contributed by atoms with E-state index in [0.717, 1.165) is 21.8 Å². The van der Waals surface area contributed by atoms with E-state index in [1.54, 1.807) is 7.11 Å². The molecule has 0 fully saturated rings. The van der Waals surface area contributed by atoms with Crippen molar-refractivity contribution < 1.29 is 14.6 Å². The molecule has 1 aromatic carbocycles. The molecule has 5 heteroatoms. The molecule has 0 radical (unpaired) electrons. The lowest BCUT2D eigenvalue weighted by molar-refractivity contribution is 0.0703. The third kappa shape index (κ3) is 2.04. The average Bonchev–Trinajstić information content (AvgIpc) is 2.67. The summed E-state index contributed by atoms with van der Waals surface area (Å²) in [5.74, 6) is -0.259. The predicted octanol–water partition coefficient (Wildman–Crippen LogP) is 3.01. The number of benzene rings is 1. The van der Waals surface area contributed by atoms with E-state index in [9.17, 15) is 4.79 Å². The minimum Gasteiger partial charge on any atom is -0.497 e. The summed E-state index contributed by atoms with van der Waals surface area (Å²) in [4.78, 5) is 12.1. The molecule has 0 saturated heterocycles.